The highest BCUT2D eigenvalue weighted by Crippen LogP contribution is 2.30. The van der Waals surface area contributed by atoms with Crippen molar-refractivity contribution in [2.75, 3.05) is 13.1 Å². The SMILES string of the molecule is O=C(c1cccs1)N1CCC(c2nnc(-c3ccc(F)cc3)o2)CC1. The first kappa shape index (κ1) is 16.0. The number of likely N-dealkylation sites (tertiary alicyclic amines) is 1. The van der Waals surface area contributed by atoms with Gasteiger partial charge in [0, 0.05) is 24.6 Å². The topological polar surface area (TPSA) is 59.2 Å². The molecule has 0 N–H and O–H groups in total. The Morgan fingerprint density at radius 2 is 1.92 bits per heavy atom. The van der Waals surface area contributed by atoms with Gasteiger partial charge in [0.05, 0.1) is 4.88 Å². The minimum absolute atomic E-state index is 0.0889. The molecular weight excluding hydrogens is 341 g/mol. The Morgan fingerprint density at radius 1 is 1.16 bits per heavy atom. The fourth-order valence-electron chi connectivity index (χ4n) is 2.99. The molecule has 1 aromatic carbocycles. The lowest BCUT2D eigenvalue weighted by Gasteiger charge is -2.30. The Labute approximate surface area is 148 Å². The second kappa shape index (κ2) is 6.76. The molecule has 2 aromatic heterocycles. The van der Waals surface area contributed by atoms with Crippen LogP contribution in [0.15, 0.2) is 46.2 Å². The second-order valence-electron chi connectivity index (χ2n) is 6.00. The molecule has 3 aromatic rings. The molecule has 0 saturated carbocycles. The highest BCUT2D eigenvalue weighted by molar-refractivity contribution is 7.12. The molecule has 4 rings (SSSR count). The summed E-state index contributed by atoms with van der Waals surface area (Å²) in [5.74, 6) is 0.918. The molecule has 1 saturated heterocycles. The van der Waals surface area contributed by atoms with Gasteiger partial charge in [-0.3, -0.25) is 4.79 Å². The van der Waals surface area contributed by atoms with Crippen molar-refractivity contribution in [2.45, 2.75) is 18.8 Å². The summed E-state index contributed by atoms with van der Waals surface area (Å²) in [7, 11) is 0. The average Bonchev–Trinajstić information content (AvgIpc) is 3.34. The lowest BCUT2D eigenvalue weighted by molar-refractivity contribution is 0.0711. The maximum atomic E-state index is 13.0. The molecule has 1 aliphatic rings. The van der Waals surface area contributed by atoms with Crippen LogP contribution in [0, 0.1) is 5.82 Å². The van der Waals surface area contributed by atoms with Crippen molar-refractivity contribution in [3.63, 3.8) is 0 Å². The summed E-state index contributed by atoms with van der Waals surface area (Å²) in [4.78, 5) is 15.0. The highest BCUT2D eigenvalue weighted by atomic mass is 32.1. The minimum Gasteiger partial charge on any atom is -0.420 e. The summed E-state index contributed by atoms with van der Waals surface area (Å²) in [6.07, 6.45) is 1.59. The van der Waals surface area contributed by atoms with Gasteiger partial charge in [0.25, 0.3) is 5.91 Å². The zero-order valence-electron chi connectivity index (χ0n) is 13.4. The fourth-order valence-corrected chi connectivity index (χ4v) is 3.69. The van der Waals surface area contributed by atoms with Gasteiger partial charge in [-0.15, -0.1) is 21.5 Å². The van der Waals surface area contributed by atoms with Gasteiger partial charge in [-0.1, -0.05) is 6.07 Å². The van der Waals surface area contributed by atoms with Gasteiger partial charge in [-0.25, -0.2) is 4.39 Å². The summed E-state index contributed by atoms with van der Waals surface area (Å²) in [5.41, 5.74) is 0.699. The van der Waals surface area contributed by atoms with Crippen molar-refractivity contribution in [1.29, 1.82) is 0 Å². The number of thiophene rings is 1. The summed E-state index contributed by atoms with van der Waals surface area (Å²) in [5, 5.41) is 10.1. The minimum atomic E-state index is -0.300. The number of carbonyl (C=O) groups excluding carboxylic acids is 1. The molecule has 0 aliphatic carbocycles. The monoisotopic (exact) mass is 357 g/mol. The number of nitrogens with zero attached hydrogens (tertiary/aromatic N) is 3. The molecule has 25 heavy (non-hydrogen) atoms. The Balaban J connectivity index is 1.41. The van der Waals surface area contributed by atoms with Crippen molar-refractivity contribution < 1.29 is 13.6 Å². The largest absolute Gasteiger partial charge is 0.420 e. The Hall–Kier alpha value is -2.54. The van der Waals surface area contributed by atoms with Gasteiger partial charge >= 0.3 is 0 Å². The molecule has 3 heterocycles. The highest BCUT2D eigenvalue weighted by Gasteiger charge is 2.28. The van der Waals surface area contributed by atoms with Gasteiger partial charge in [-0.2, -0.15) is 0 Å². The molecule has 1 amide bonds. The first-order chi connectivity index (χ1) is 12.2. The quantitative estimate of drug-likeness (QED) is 0.712. The number of benzene rings is 1. The lowest BCUT2D eigenvalue weighted by Crippen LogP contribution is -2.37. The molecular formula is C18H16FN3O2S. The van der Waals surface area contributed by atoms with E-state index < -0.39 is 0 Å². The van der Waals surface area contributed by atoms with Crippen LogP contribution in [0.2, 0.25) is 0 Å². The van der Waals surface area contributed by atoms with Crippen molar-refractivity contribution >= 4 is 17.2 Å². The molecule has 0 unspecified atom stereocenters. The zero-order chi connectivity index (χ0) is 17.2. The number of rotatable bonds is 3. The number of piperidine rings is 1. The van der Waals surface area contributed by atoms with E-state index in [0.29, 0.717) is 30.4 Å². The summed E-state index contributed by atoms with van der Waals surface area (Å²) < 4.78 is 18.8. The number of carbonyl (C=O) groups is 1. The van der Waals surface area contributed by atoms with E-state index in [1.165, 1.54) is 23.5 Å². The van der Waals surface area contributed by atoms with Gasteiger partial charge in [0.2, 0.25) is 11.8 Å². The maximum absolute atomic E-state index is 13.0. The Bertz CT molecular complexity index is 853. The van der Waals surface area contributed by atoms with E-state index in [1.807, 2.05) is 22.4 Å². The van der Waals surface area contributed by atoms with Crippen molar-refractivity contribution in [2.24, 2.45) is 0 Å². The molecule has 7 heteroatoms. The normalized spacial score (nSPS) is 15.5. The third kappa shape index (κ3) is 3.32. The van der Waals surface area contributed by atoms with Crippen molar-refractivity contribution in [3.05, 3.63) is 58.4 Å². The second-order valence-corrected chi connectivity index (χ2v) is 6.94. The Kier molecular flexibility index (Phi) is 4.31. The first-order valence-corrected chi connectivity index (χ1v) is 9.01. The number of hydrogen-bond acceptors (Lipinski definition) is 5. The smallest absolute Gasteiger partial charge is 0.263 e. The molecule has 1 fully saturated rings. The number of aromatic nitrogens is 2. The van der Waals surface area contributed by atoms with Crippen LogP contribution in [-0.2, 0) is 0 Å². The van der Waals surface area contributed by atoms with E-state index in [1.54, 1.807) is 12.1 Å². The Morgan fingerprint density at radius 3 is 2.60 bits per heavy atom. The summed E-state index contributed by atoms with van der Waals surface area (Å²) in [6, 6.07) is 9.72. The zero-order valence-corrected chi connectivity index (χ0v) is 14.2. The number of hydrogen-bond donors (Lipinski definition) is 0. The number of halogens is 1. The van der Waals surface area contributed by atoms with Crippen LogP contribution in [0.4, 0.5) is 4.39 Å². The van der Waals surface area contributed by atoms with E-state index in [4.69, 9.17) is 4.42 Å². The third-order valence-electron chi connectivity index (χ3n) is 4.40. The van der Waals surface area contributed by atoms with Crippen LogP contribution in [0.5, 0.6) is 0 Å². The maximum Gasteiger partial charge on any atom is 0.263 e. The molecule has 0 atom stereocenters. The van der Waals surface area contributed by atoms with E-state index in [0.717, 1.165) is 17.7 Å². The van der Waals surface area contributed by atoms with Gasteiger partial charge in [-0.05, 0) is 48.6 Å². The molecule has 5 nitrogen and oxygen atoms in total. The van der Waals surface area contributed by atoms with Crippen molar-refractivity contribution in [3.8, 4) is 11.5 Å². The van der Waals surface area contributed by atoms with Crippen LogP contribution in [0.25, 0.3) is 11.5 Å². The predicted octanol–water partition coefficient (Wildman–Crippen LogP) is 3.96. The standard InChI is InChI=1S/C18H16FN3O2S/c19-14-5-3-12(4-6-14)16-20-21-17(24-16)13-7-9-22(10-8-13)18(23)15-2-1-11-25-15/h1-6,11,13H,7-10H2. The van der Waals surface area contributed by atoms with Gasteiger partial charge in [0.1, 0.15) is 5.82 Å². The lowest BCUT2D eigenvalue weighted by atomic mass is 9.97. The van der Waals surface area contributed by atoms with E-state index in [-0.39, 0.29) is 17.6 Å². The van der Waals surface area contributed by atoms with Crippen molar-refractivity contribution in [1.82, 2.24) is 15.1 Å². The molecule has 0 bridgehead atoms. The van der Waals surface area contributed by atoms with E-state index >= 15 is 0 Å². The van der Waals surface area contributed by atoms with Crippen LogP contribution < -0.4 is 0 Å². The molecule has 0 spiro atoms. The summed E-state index contributed by atoms with van der Waals surface area (Å²) in [6.45, 7) is 1.35. The third-order valence-corrected chi connectivity index (χ3v) is 5.25. The van der Waals surface area contributed by atoms with E-state index in [9.17, 15) is 9.18 Å². The van der Waals surface area contributed by atoms with Gasteiger partial charge < -0.3 is 9.32 Å². The van der Waals surface area contributed by atoms with Gasteiger partial charge in [0.15, 0.2) is 0 Å². The summed E-state index contributed by atoms with van der Waals surface area (Å²) >= 11 is 1.47. The predicted molar refractivity (Wildman–Crippen MR) is 91.9 cm³/mol. The van der Waals surface area contributed by atoms with Crippen LogP contribution >= 0.6 is 11.3 Å². The molecule has 0 radical (unpaired) electrons. The van der Waals surface area contributed by atoms with Crippen LogP contribution in [-0.4, -0.2) is 34.1 Å². The number of amides is 1. The average molecular weight is 357 g/mol. The first-order valence-electron chi connectivity index (χ1n) is 8.13. The van der Waals surface area contributed by atoms with Crippen LogP contribution in [0.3, 0.4) is 0 Å². The molecule has 128 valence electrons. The fraction of sp³-hybridized carbons (Fsp3) is 0.278. The van der Waals surface area contributed by atoms with Crippen LogP contribution in [0.1, 0.15) is 34.3 Å². The molecule has 1 aliphatic heterocycles. The van der Waals surface area contributed by atoms with E-state index in [2.05, 4.69) is 10.2 Å².